The van der Waals surface area contributed by atoms with Crippen LogP contribution >= 0.6 is 12.4 Å². The lowest BCUT2D eigenvalue weighted by Crippen LogP contribution is -2.44. The van der Waals surface area contributed by atoms with Crippen LogP contribution < -0.4 is 4.90 Å². The fourth-order valence-corrected chi connectivity index (χ4v) is 3.77. The van der Waals surface area contributed by atoms with Crippen LogP contribution in [0.4, 0.5) is 14.5 Å². The van der Waals surface area contributed by atoms with Gasteiger partial charge in [-0.15, -0.1) is 12.4 Å². The van der Waals surface area contributed by atoms with Gasteiger partial charge in [0.1, 0.15) is 0 Å². The average molecular weight is 405 g/mol. The van der Waals surface area contributed by atoms with Gasteiger partial charge in [0.25, 0.3) is 0 Å². The number of carbonyl (C=O) groups excluding carboxylic acids is 1. The van der Waals surface area contributed by atoms with Crippen molar-refractivity contribution in [2.45, 2.75) is 12.8 Å². The minimum atomic E-state index is -0.898. The molecule has 1 saturated heterocycles. The number of allylic oxidation sites excluding steroid dienone is 1. The first-order valence-electron chi connectivity index (χ1n) is 9.28. The molecule has 1 heterocycles. The van der Waals surface area contributed by atoms with Gasteiger partial charge in [0, 0.05) is 43.0 Å². The predicted molar refractivity (Wildman–Crippen MR) is 110 cm³/mol. The molecule has 2 aromatic carbocycles. The highest BCUT2D eigenvalue weighted by molar-refractivity contribution is 6.13. The normalized spacial score (nSPS) is 18.8. The molecule has 0 saturated carbocycles. The Morgan fingerprint density at radius 3 is 2.39 bits per heavy atom. The molecule has 148 valence electrons. The van der Waals surface area contributed by atoms with Crippen LogP contribution in [0.2, 0.25) is 0 Å². The third-order valence-corrected chi connectivity index (χ3v) is 5.44. The molecule has 0 spiro atoms. The van der Waals surface area contributed by atoms with Crippen LogP contribution in [0.1, 0.15) is 27.9 Å². The summed E-state index contributed by atoms with van der Waals surface area (Å²) >= 11 is 0. The number of nitrogens with zero attached hydrogens (tertiary/aromatic N) is 2. The average Bonchev–Trinajstić information content (AvgIpc) is 2.67. The number of likely N-dealkylation sites (N-methyl/N-ethyl adjacent to an activating group) is 1. The van der Waals surface area contributed by atoms with E-state index >= 15 is 0 Å². The van der Waals surface area contributed by atoms with Crippen molar-refractivity contribution in [3.63, 3.8) is 0 Å². The number of carbonyl (C=O) groups is 1. The number of fused-ring (bicyclic) bond motifs is 1. The molecule has 1 aliphatic carbocycles. The Kier molecular flexibility index (Phi) is 6.16. The van der Waals surface area contributed by atoms with Crippen LogP contribution in [-0.2, 0) is 6.42 Å². The molecule has 0 aromatic heterocycles. The summed E-state index contributed by atoms with van der Waals surface area (Å²) in [6.45, 7) is 4.06. The number of aryl methyl sites for hydroxylation is 1. The Balaban J connectivity index is 0.00000225. The van der Waals surface area contributed by atoms with Crippen LogP contribution in [0, 0.1) is 11.6 Å². The van der Waals surface area contributed by atoms with Gasteiger partial charge in [-0.25, -0.2) is 8.78 Å². The van der Waals surface area contributed by atoms with Crippen molar-refractivity contribution in [2.75, 3.05) is 38.1 Å². The summed E-state index contributed by atoms with van der Waals surface area (Å²) in [6, 6.07) is 9.76. The smallest absolute Gasteiger partial charge is 0.189 e. The molecular formula is C22H23ClF2N2O. The van der Waals surface area contributed by atoms with E-state index in [9.17, 15) is 13.6 Å². The van der Waals surface area contributed by atoms with E-state index in [1.54, 1.807) is 6.08 Å². The Morgan fingerprint density at radius 1 is 0.929 bits per heavy atom. The first-order valence-corrected chi connectivity index (χ1v) is 9.28. The highest BCUT2D eigenvalue weighted by Gasteiger charge is 2.23. The van der Waals surface area contributed by atoms with Crippen molar-refractivity contribution in [2.24, 2.45) is 0 Å². The van der Waals surface area contributed by atoms with Gasteiger partial charge >= 0.3 is 0 Å². The van der Waals surface area contributed by atoms with Crippen LogP contribution in [0.15, 0.2) is 42.0 Å². The zero-order chi connectivity index (χ0) is 19.0. The Bertz CT molecular complexity index is 921. The third kappa shape index (κ3) is 4.10. The molecule has 4 rings (SSSR count). The topological polar surface area (TPSA) is 23.6 Å². The number of anilines is 1. The Hall–Kier alpha value is -2.24. The van der Waals surface area contributed by atoms with Gasteiger partial charge in [-0.3, -0.25) is 4.79 Å². The van der Waals surface area contributed by atoms with E-state index in [1.807, 2.05) is 12.1 Å². The molecule has 1 aliphatic heterocycles. The first-order chi connectivity index (χ1) is 13.0. The number of halogens is 3. The van der Waals surface area contributed by atoms with Crippen LogP contribution in [-0.4, -0.2) is 43.9 Å². The molecular weight excluding hydrogens is 382 g/mol. The molecule has 0 radical (unpaired) electrons. The lowest BCUT2D eigenvalue weighted by Gasteiger charge is -2.34. The quantitative estimate of drug-likeness (QED) is 0.695. The SMILES string of the molecule is CN1CCN(c2ccc3c(c2)CC/C(=C\c2ccc(F)c(F)c2)C3=O)CC1.Cl. The largest absolute Gasteiger partial charge is 0.369 e. The first kappa shape index (κ1) is 20.5. The van der Waals surface area contributed by atoms with E-state index in [1.165, 1.54) is 11.8 Å². The molecule has 0 bridgehead atoms. The maximum atomic E-state index is 13.4. The van der Waals surface area contributed by atoms with Crippen molar-refractivity contribution in [3.8, 4) is 0 Å². The Labute approximate surface area is 170 Å². The standard InChI is InChI=1S/C22H22F2N2O.ClH/c1-25-8-10-26(11-9-25)18-5-6-19-16(14-18)3-4-17(22(19)27)12-15-2-7-20(23)21(24)13-15;/h2,5-7,12-14H,3-4,8-11H2,1H3;1H/b17-12+;. The number of rotatable bonds is 2. The van der Waals surface area contributed by atoms with Gasteiger partial charge in [-0.1, -0.05) is 6.07 Å². The summed E-state index contributed by atoms with van der Waals surface area (Å²) in [5.41, 5.74) is 4.10. The minimum absolute atomic E-state index is 0. The molecule has 0 atom stereocenters. The van der Waals surface area contributed by atoms with E-state index in [0.29, 0.717) is 23.1 Å². The third-order valence-electron chi connectivity index (χ3n) is 5.44. The van der Waals surface area contributed by atoms with Crippen molar-refractivity contribution in [3.05, 3.63) is 70.3 Å². The predicted octanol–water partition coefficient (Wildman–Crippen LogP) is 4.35. The lowest BCUT2D eigenvalue weighted by molar-refractivity contribution is 0.102. The van der Waals surface area contributed by atoms with Gasteiger partial charge in [-0.2, -0.15) is 0 Å². The van der Waals surface area contributed by atoms with E-state index in [0.717, 1.165) is 50.3 Å². The number of hydrogen-bond donors (Lipinski definition) is 0. The fourth-order valence-electron chi connectivity index (χ4n) is 3.77. The second kappa shape index (κ2) is 8.41. The summed E-state index contributed by atoms with van der Waals surface area (Å²) < 4.78 is 26.5. The molecule has 0 N–H and O–H groups in total. The summed E-state index contributed by atoms with van der Waals surface area (Å²) in [6.07, 6.45) is 3.05. The maximum Gasteiger partial charge on any atom is 0.189 e. The fraction of sp³-hybridized carbons (Fsp3) is 0.318. The monoisotopic (exact) mass is 404 g/mol. The van der Waals surface area contributed by atoms with E-state index in [4.69, 9.17) is 0 Å². The molecule has 28 heavy (non-hydrogen) atoms. The summed E-state index contributed by atoms with van der Waals surface area (Å²) in [4.78, 5) is 17.5. The van der Waals surface area contributed by atoms with E-state index < -0.39 is 11.6 Å². The summed E-state index contributed by atoms with van der Waals surface area (Å²) in [5, 5.41) is 0. The van der Waals surface area contributed by atoms with Gasteiger partial charge in [-0.05, 0) is 67.4 Å². The molecule has 6 heteroatoms. The second-order valence-electron chi connectivity index (χ2n) is 7.30. The van der Waals surface area contributed by atoms with Crippen LogP contribution in [0.3, 0.4) is 0 Å². The lowest BCUT2D eigenvalue weighted by atomic mass is 9.85. The van der Waals surface area contributed by atoms with Crippen molar-refractivity contribution in [1.82, 2.24) is 4.90 Å². The van der Waals surface area contributed by atoms with Crippen LogP contribution in [0.5, 0.6) is 0 Å². The zero-order valence-electron chi connectivity index (χ0n) is 15.8. The molecule has 2 aliphatic rings. The van der Waals surface area contributed by atoms with Gasteiger partial charge in [0.2, 0.25) is 0 Å². The number of hydrogen-bond acceptors (Lipinski definition) is 3. The number of piperazine rings is 1. The zero-order valence-corrected chi connectivity index (χ0v) is 16.6. The molecule has 0 amide bonds. The van der Waals surface area contributed by atoms with Crippen LogP contribution in [0.25, 0.3) is 6.08 Å². The highest BCUT2D eigenvalue weighted by atomic mass is 35.5. The molecule has 3 nitrogen and oxygen atoms in total. The highest BCUT2D eigenvalue weighted by Crippen LogP contribution is 2.30. The van der Waals surface area contributed by atoms with Gasteiger partial charge < -0.3 is 9.80 Å². The van der Waals surface area contributed by atoms with Crippen molar-refractivity contribution < 1.29 is 13.6 Å². The summed E-state index contributed by atoms with van der Waals surface area (Å²) in [7, 11) is 2.13. The second-order valence-corrected chi connectivity index (χ2v) is 7.30. The molecule has 2 aromatic rings. The summed E-state index contributed by atoms with van der Waals surface area (Å²) in [5.74, 6) is -1.80. The number of Topliss-reactive ketones (excluding diaryl/α,β-unsaturated/α-hetero) is 1. The number of benzene rings is 2. The van der Waals surface area contributed by atoms with Gasteiger partial charge in [0.15, 0.2) is 17.4 Å². The van der Waals surface area contributed by atoms with E-state index in [-0.39, 0.29) is 18.2 Å². The number of ketones is 1. The van der Waals surface area contributed by atoms with E-state index in [2.05, 4.69) is 22.9 Å². The van der Waals surface area contributed by atoms with Crippen molar-refractivity contribution in [1.29, 1.82) is 0 Å². The Morgan fingerprint density at radius 2 is 1.68 bits per heavy atom. The van der Waals surface area contributed by atoms with Crippen molar-refractivity contribution >= 4 is 30.0 Å². The minimum Gasteiger partial charge on any atom is -0.369 e. The van der Waals surface area contributed by atoms with Gasteiger partial charge in [0.05, 0.1) is 0 Å². The molecule has 1 fully saturated rings. The molecule has 0 unspecified atom stereocenters. The maximum absolute atomic E-state index is 13.4.